The normalized spacial score (nSPS) is 19.4. The van der Waals surface area contributed by atoms with Gasteiger partial charge in [-0.3, -0.25) is 0 Å². The Morgan fingerprint density at radius 3 is 2.47 bits per heavy atom. The Bertz CT molecular complexity index is 189. The number of thioether (sulfide) groups is 1. The van der Waals surface area contributed by atoms with Crippen molar-refractivity contribution in [2.45, 2.75) is 39.2 Å². The van der Waals surface area contributed by atoms with Crippen LogP contribution in [-0.4, -0.2) is 61.1 Å². The van der Waals surface area contributed by atoms with Crippen molar-refractivity contribution in [3.63, 3.8) is 0 Å². The van der Waals surface area contributed by atoms with E-state index < -0.39 is 0 Å². The van der Waals surface area contributed by atoms with Crippen LogP contribution in [0.2, 0.25) is 0 Å². The van der Waals surface area contributed by atoms with Gasteiger partial charge in [0, 0.05) is 12.6 Å². The zero-order chi connectivity index (χ0) is 12.7. The Hall–Kier alpha value is 0.270. The zero-order valence-corrected chi connectivity index (χ0v) is 12.9. The van der Waals surface area contributed by atoms with Crippen LogP contribution in [0.5, 0.6) is 0 Å². The number of hydrogen-bond donors (Lipinski definition) is 0. The fourth-order valence-corrected chi connectivity index (χ4v) is 3.16. The highest BCUT2D eigenvalue weighted by Crippen LogP contribution is 2.16. The van der Waals surface area contributed by atoms with Gasteiger partial charge in [0.25, 0.3) is 0 Å². The predicted octanol–water partition coefficient (Wildman–Crippen LogP) is 2.79. The summed E-state index contributed by atoms with van der Waals surface area (Å²) in [6, 6.07) is 0.828. The molecule has 0 aromatic rings. The second kappa shape index (κ2) is 8.39. The van der Waals surface area contributed by atoms with Gasteiger partial charge < -0.3 is 9.80 Å². The van der Waals surface area contributed by atoms with Crippen molar-refractivity contribution in [1.82, 2.24) is 9.80 Å². The molecule has 0 aromatic heterocycles. The molecule has 0 unspecified atom stereocenters. The van der Waals surface area contributed by atoms with E-state index in [1.807, 2.05) is 11.8 Å². The summed E-state index contributed by atoms with van der Waals surface area (Å²) in [7, 11) is 2.30. The van der Waals surface area contributed by atoms with Crippen molar-refractivity contribution < 1.29 is 0 Å². The van der Waals surface area contributed by atoms with Gasteiger partial charge in [0.2, 0.25) is 0 Å². The number of piperidine rings is 1. The molecular weight excluding hydrogens is 228 g/mol. The minimum absolute atomic E-state index is 0.791. The molecule has 0 aromatic carbocycles. The monoisotopic (exact) mass is 258 g/mol. The van der Waals surface area contributed by atoms with Crippen molar-refractivity contribution in [2.75, 3.05) is 45.2 Å². The molecule has 17 heavy (non-hydrogen) atoms. The number of rotatable bonds is 7. The van der Waals surface area contributed by atoms with E-state index >= 15 is 0 Å². The molecule has 0 saturated carbocycles. The number of hydrogen-bond acceptors (Lipinski definition) is 3. The van der Waals surface area contributed by atoms with E-state index in [1.54, 1.807) is 0 Å². The first-order valence-electron chi connectivity index (χ1n) is 7.05. The molecule has 0 N–H and O–H groups in total. The van der Waals surface area contributed by atoms with Gasteiger partial charge in [0.15, 0.2) is 0 Å². The molecule has 1 aliphatic rings. The molecule has 1 rings (SSSR count). The van der Waals surface area contributed by atoms with Crippen LogP contribution in [0, 0.1) is 5.92 Å². The summed E-state index contributed by atoms with van der Waals surface area (Å²) in [5, 5.41) is 0. The second-order valence-corrected chi connectivity index (χ2v) is 6.74. The maximum atomic E-state index is 2.65. The molecule has 1 saturated heterocycles. The Kier molecular flexibility index (Phi) is 7.56. The number of nitrogens with zero attached hydrogens (tertiary/aromatic N) is 2. The van der Waals surface area contributed by atoms with Crippen LogP contribution in [0.15, 0.2) is 0 Å². The highest BCUT2D eigenvalue weighted by molar-refractivity contribution is 7.98. The number of likely N-dealkylation sites (tertiary alicyclic amines) is 1. The molecular formula is C14H30N2S. The van der Waals surface area contributed by atoms with E-state index in [9.17, 15) is 0 Å². The minimum atomic E-state index is 0.791. The molecule has 0 bridgehead atoms. The van der Waals surface area contributed by atoms with E-state index in [0.717, 1.165) is 12.0 Å². The van der Waals surface area contributed by atoms with Gasteiger partial charge in [-0.2, -0.15) is 11.8 Å². The smallest absolute Gasteiger partial charge is 0.0117 e. The van der Waals surface area contributed by atoms with Gasteiger partial charge in [-0.1, -0.05) is 13.8 Å². The molecule has 102 valence electrons. The van der Waals surface area contributed by atoms with Crippen molar-refractivity contribution in [1.29, 1.82) is 0 Å². The summed E-state index contributed by atoms with van der Waals surface area (Å²) >= 11 is 1.97. The summed E-state index contributed by atoms with van der Waals surface area (Å²) in [5.41, 5.74) is 0. The van der Waals surface area contributed by atoms with Gasteiger partial charge in [-0.05, 0) is 63.9 Å². The van der Waals surface area contributed by atoms with Crippen molar-refractivity contribution >= 4 is 11.8 Å². The summed E-state index contributed by atoms with van der Waals surface area (Å²) < 4.78 is 0. The molecule has 0 spiro atoms. The largest absolute Gasteiger partial charge is 0.303 e. The van der Waals surface area contributed by atoms with E-state index in [4.69, 9.17) is 0 Å². The van der Waals surface area contributed by atoms with E-state index in [-0.39, 0.29) is 0 Å². The average Bonchev–Trinajstić information content (AvgIpc) is 2.29. The lowest BCUT2D eigenvalue weighted by atomic mass is 10.0. The third-order valence-corrected chi connectivity index (χ3v) is 4.35. The summed E-state index contributed by atoms with van der Waals surface area (Å²) in [5.74, 6) is 2.10. The molecule has 1 fully saturated rings. The van der Waals surface area contributed by atoms with E-state index in [0.29, 0.717) is 0 Å². The standard InChI is InChI=1S/C14H30N2S/c1-13(2)12-15(3)14-6-9-16(10-7-14)8-5-11-17-4/h13-14H,5-12H2,1-4H3. The van der Waals surface area contributed by atoms with Crippen LogP contribution in [0.3, 0.4) is 0 Å². The van der Waals surface area contributed by atoms with E-state index in [2.05, 4.69) is 37.0 Å². The maximum Gasteiger partial charge on any atom is 0.0117 e. The summed E-state index contributed by atoms with van der Waals surface area (Å²) in [4.78, 5) is 5.22. The van der Waals surface area contributed by atoms with Crippen molar-refractivity contribution in [2.24, 2.45) is 5.92 Å². The summed E-state index contributed by atoms with van der Waals surface area (Å²) in [6.07, 6.45) is 6.28. The molecule has 1 heterocycles. The van der Waals surface area contributed by atoms with Gasteiger partial charge in [-0.25, -0.2) is 0 Å². The maximum absolute atomic E-state index is 2.65. The third-order valence-electron chi connectivity index (χ3n) is 3.66. The topological polar surface area (TPSA) is 6.48 Å². The van der Waals surface area contributed by atoms with Crippen molar-refractivity contribution in [3.8, 4) is 0 Å². The van der Waals surface area contributed by atoms with Crippen LogP contribution in [0.4, 0.5) is 0 Å². The van der Waals surface area contributed by atoms with Crippen LogP contribution >= 0.6 is 11.8 Å². The third kappa shape index (κ3) is 6.12. The fraction of sp³-hybridized carbons (Fsp3) is 1.00. The van der Waals surface area contributed by atoms with Gasteiger partial charge in [-0.15, -0.1) is 0 Å². The lowest BCUT2D eigenvalue weighted by molar-refractivity contribution is 0.119. The van der Waals surface area contributed by atoms with Crippen LogP contribution in [0.25, 0.3) is 0 Å². The SMILES string of the molecule is CSCCCN1CCC(N(C)CC(C)C)CC1. The molecule has 0 amide bonds. The molecule has 1 aliphatic heterocycles. The van der Waals surface area contributed by atoms with Crippen LogP contribution in [-0.2, 0) is 0 Å². The Balaban J connectivity index is 2.16. The predicted molar refractivity (Wildman–Crippen MR) is 79.9 cm³/mol. The molecule has 0 aliphatic carbocycles. The van der Waals surface area contributed by atoms with Gasteiger partial charge in [0.05, 0.1) is 0 Å². The Morgan fingerprint density at radius 1 is 1.29 bits per heavy atom. The minimum Gasteiger partial charge on any atom is -0.303 e. The van der Waals surface area contributed by atoms with Crippen LogP contribution < -0.4 is 0 Å². The van der Waals surface area contributed by atoms with Gasteiger partial charge >= 0.3 is 0 Å². The first-order valence-corrected chi connectivity index (χ1v) is 8.44. The van der Waals surface area contributed by atoms with Crippen molar-refractivity contribution in [3.05, 3.63) is 0 Å². The van der Waals surface area contributed by atoms with Gasteiger partial charge in [0.1, 0.15) is 0 Å². The lowest BCUT2D eigenvalue weighted by Gasteiger charge is -2.37. The van der Waals surface area contributed by atoms with E-state index in [1.165, 1.54) is 51.2 Å². The highest BCUT2D eigenvalue weighted by atomic mass is 32.2. The fourth-order valence-electron chi connectivity index (χ4n) is 2.74. The molecule has 3 heteroatoms. The molecule has 0 radical (unpaired) electrons. The highest BCUT2D eigenvalue weighted by Gasteiger charge is 2.22. The van der Waals surface area contributed by atoms with Crippen LogP contribution in [0.1, 0.15) is 33.1 Å². The lowest BCUT2D eigenvalue weighted by Crippen LogP contribution is -2.44. The first kappa shape index (κ1) is 15.3. The average molecular weight is 258 g/mol. The molecule has 2 nitrogen and oxygen atoms in total. The summed E-state index contributed by atoms with van der Waals surface area (Å²) in [6.45, 7) is 9.80. The Morgan fingerprint density at radius 2 is 1.94 bits per heavy atom. The Labute approximate surface area is 112 Å². The quantitative estimate of drug-likeness (QED) is 0.648. The second-order valence-electron chi connectivity index (χ2n) is 5.75. The molecule has 0 atom stereocenters. The first-order chi connectivity index (χ1) is 8.13. The zero-order valence-electron chi connectivity index (χ0n) is 12.1.